The SMILES string of the molecule is C=C(COCc1ccc(C)cc1NC(=O)CCl)Oc1ccccc1C. The molecule has 2 rings (SSSR count). The Bertz CT molecular complexity index is 758. The maximum atomic E-state index is 11.5. The molecule has 5 heteroatoms. The average molecular weight is 360 g/mol. The first kappa shape index (κ1) is 19.0. The summed E-state index contributed by atoms with van der Waals surface area (Å²) >= 11 is 5.56. The lowest BCUT2D eigenvalue weighted by molar-refractivity contribution is -0.113. The third-order valence-electron chi connectivity index (χ3n) is 3.53. The van der Waals surface area contributed by atoms with Gasteiger partial charge in [-0.15, -0.1) is 11.6 Å². The summed E-state index contributed by atoms with van der Waals surface area (Å²) in [5.74, 6) is 0.949. The molecule has 1 amide bonds. The normalized spacial score (nSPS) is 10.4. The van der Waals surface area contributed by atoms with Gasteiger partial charge >= 0.3 is 0 Å². The standard InChI is InChI=1S/C20H22ClNO3/c1-14-8-9-17(18(10-14)22-20(23)11-21)13-24-12-16(3)25-19-7-5-4-6-15(19)2/h4-10H,3,11-13H2,1-2H3,(H,22,23). The predicted octanol–water partition coefficient (Wildman–Crippen LogP) is 4.59. The van der Waals surface area contributed by atoms with Crippen LogP contribution in [-0.2, 0) is 16.1 Å². The molecular weight excluding hydrogens is 338 g/mol. The summed E-state index contributed by atoms with van der Waals surface area (Å²) in [6.45, 7) is 8.40. The van der Waals surface area contributed by atoms with E-state index >= 15 is 0 Å². The fourth-order valence-corrected chi connectivity index (χ4v) is 2.31. The number of amides is 1. The largest absolute Gasteiger partial charge is 0.460 e. The van der Waals surface area contributed by atoms with Crippen molar-refractivity contribution in [2.75, 3.05) is 17.8 Å². The summed E-state index contributed by atoms with van der Waals surface area (Å²) in [5, 5.41) is 2.78. The number of ether oxygens (including phenoxy) is 2. The minimum absolute atomic E-state index is 0.0880. The number of aryl methyl sites for hydroxylation is 2. The van der Waals surface area contributed by atoms with Crippen molar-refractivity contribution < 1.29 is 14.3 Å². The molecule has 2 aromatic rings. The zero-order valence-electron chi connectivity index (χ0n) is 14.5. The molecule has 0 aliphatic rings. The summed E-state index contributed by atoms with van der Waals surface area (Å²) in [5.41, 5.74) is 3.65. The first-order chi connectivity index (χ1) is 12.0. The number of anilines is 1. The highest BCUT2D eigenvalue weighted by Gasteiger charge is 2.08. The third kappa shape index (κ3) is 5.93. The molecule has 4 nitrogen and oxygen atoms in total. The van der Waals surface area contributed by atoms with Gasteiger partial charge in [0.1, 0.15) is 24.0 Å². The van der Waals surface area contributed by atoms with Crippen LogP contribution >= 0.6 is 11.6 Å². The minimum Gasteiger partial charge on any atom is -0.460 e. The summed E-state index contributed by atoms with van der Waals surface area (Å²) < 4.78 is 11.4. The zero-order chi connectivity index (χ0) is 18.2. The maximum Gasteiger partial charge on any atom is 0.239 e. The Morgan fingerprint density at radius 1 is 1.20 bits per heavy atom. The molecule has 0 radical (unpaired) electrons. The lowest BCUT2D eigenvalue weighted by atomic mass is 10.1. The van der Waals surface area contributed by atoms with Gasteiger partial charge in [0, 0.05) is 11.3 Å². The Hall–Kier alpha value is -2.30. The summed E-state index contributed by atoms with van der Waals surface area (Å²) in [7, 11) is 0. The fourth-order valence-electron chi connectivity index (χ4n) is 2.25. The number of halogens is 1. The number of benzene rings is 2. The number of carbonyl (C=O) groups excluding carboxylic acids is 1. The number of carbonyl (C=O) groups is 1. The lowest BCUT2D eigenvalue weighted by Crippen LogP contribution is -2.14. The molecule has 25 heavy (non-hydrogen) atoms. The average Bonchev–Trinajstić information content (AvgIpc) is 2.58. The predicted molar refractivity (Wildman–Crippen MR) is 101 cm³/mol. The van der Waals surface area contributed by atoms with E-state index in [1.54, 1.807) is 0 Å². The molecule has 0 saturated heterocycles. The van der Waals surface area contributed by atoms with Gasteiger partial charge in [-0.2, -0.15) is 0 Å². The topological polar surface area (TPSA) is 47.6 Å². The van der Waals surface area contributed by atoms with Gasteiger partial charge in [-0.25, -0.2) is 0 Å². The molecule has 1 N–H and O–H groups in total. The van der Waals surface area contributed by atoms with E-state index in [1.165, 1.54) is 0 Å². The number of rotatable bonds is 8. The molecule has 0 spiro atoms. The first-order valence-corrected chi connectivity index (χ1v) is 8.47. The highest BCUT2D eigenvalue weighted by atomic mass is 35.5. The first-order valence-electron chi connectivity index (χ1n) is 7.94. The molecule has 0 heterocycles. The monoisotopic (exact) mass is 359 g/mol. The Labute approximate surface area is 153 Å². The molecule has 0 saturated carbocycles. The second-order valence-electron chi connectivity index (χ2n) is 5.74. The molecule has 0 aliphatic heterocycles. The molecule has 0 aliphatic carbocycles. The van der Waals surface area contributed by atoms with Crippen molar-refractivity contribution in [1.29, 1.82) is 0 Å². The van der Waals surface area contributed by atoms with Gasteiger partial charge in [0.2, 0.25) is 5.91 Å². The van der Waals surface area contributed by atoms with Crippen molar-refractivity contribution in [3.63, 3.8) is 0 Å². The molecule has 0 fully saturated rings. The van der Waals surface area contributed by atoms with Gasteiger partial charge in [0.05, 0.1) is 6.61 Å². The van der Waals surface area contributed by atoms with Gasteiger partial charge < -0.3 is 14.8 Å². The number of hydrogen-bond acceptors (Lipinski definition) is 3. The van der Waals surface area contributed by atoms with E-state index in [0.717, 1.165) is 22.4 Å². The van der Waals surface area contributed by atoms with Crippen LogP contribution in [0.2, 0.25) is 0 Å². The smallest absolute Gasteiger partial charge is 0.239 e. The van der Waals surface area contributed by atoms with E-state index in [1.807, 2.05) is 56.3 Å². The van der Waals surface area contributed by atoms with Crippen LogP contribution in [0.25, 0.3) is 0 Å². The van der Waals surface area contributed by atoms with E-state index < -0.39 is 0 Å². The van der Waals surface area contributed by atoms with E-state index in [-0.39, 0.29) is 18.4 Å². The zero-order valence-corrected chi connectivity index (χ0v) is 15.2. The van der Waals surface area contributed by atoms with Crippen LogP contribution in [0.15, 0.2) is 54.8 Å². The number of nitrogens with one attached hydrogen (secondary N) is 1. The van der Waals surface area contributed by atoms with Crippen LogP contribution in [0.1, 0.15) is 16.7 Å². The minimum atomic E-state index is -0.249. The molecule has 0 bridgehead atoms. The number of alkyl halides is 1. The Morgan fingerprint density at radius 2 is 1.96 bits per heavy atom. The molecule has 0 unspecified atom stereocenters. The van der Waals surface area contributed by atoms with Gasteiger partial charge in [0.15, 0.2) is 0 Å². The van der Waals surface area contributed by atoms with Crippen LogP contribution in [-0.4, -0.2) is 18.4 Å². The Morgan fingerprint density at radius 3 is 2.68 bits per heavy atom. The fraction of sp³-hybridized carbons (Fsp3) is 0.250. The third-order valence-corrected chi connectivity index (χ3v) is 3.77. The quantitative estimate of drug-likeness (QED) is 0.554. The van der Waals surface area contributed by atoms with Gasteiger partial charge in [0.25, 0.3) is 0 Å². The van der Waals surface area contributed by atoms with Crippen molar-refractivity contribution in [1.82, 2.24) is 0 Å². The molecule has 0 aromatic heterocycles. The highest BCUT2D eigenvalue weighted by molar-refractivity contribution is 6.29. The number of para-hydroxylation sites is 1. The summed E-state index contributed by atoms with van der Waals surface area (Å²) in [6, 6.07) is 13.5. The van der Waals surface area contributed by atoms with Crippen molar-refractivity contribution in [2.24, 2.45) is 0 Å². The number of hydrogen-bond donors (Lipinski definition) is 1. The van der Waals surface area contributed by atoms with Crippen molar-refractivity contribution in [2.45, 2.75) is 20.5 Å². The second kappa shape index (κ2) is 9.25. The van der Waals surface area contributed by atoms with Crippen molar-refractivity contribution in [3.8, 4) is 5.75 Å². The van der Waals surface area contributed by atoms with Gasteiger partial charge in [-0.05, 0) is 37.1 Å². The van der Waals surface area contributed by atoms with E-state index in [4.69, 9.17) is 21.1 Å². The maximum absolute atomic E-state index is 11.5. The molecular formula is C20H22ClNO3. The van der Waals surface area contributed by atoms with Crippen LogP contribution in [0.3, 0.4) is 0 Å². The molecule has 132 valence electrons. The second-order valence-corrected chi connectivity index (χ2v) is 6.01. The van der Waals surface area contributed by atoms with E-state index in [2.05, 4.69) is 11.9 Å². The van der Waals surface area contributed by atoms with E-state index in [9.17, 15) is 4.79 Å². The Kier molecular flexibility index (Phi) is 7.04. The molecule has 2 aromatic carbocycles. The Balaban J connectivity index is 1.92. The lowest BCUT2D eigenvalue weighted by Gasteiger charge is -2.14. The molecule has 0 atom stereocenters. The highest BCUT2D eigenvalue weighted by Crippen LogP contribution is 2.21. The van der Waals surface area contributed by atoms with Crippen molar-refractivity contribution in [3.05, 3.63) is 71.5 Å². The van der Waals surface area contributed by atoms with Gasteiger partial charge in [-0.3, -0.25) is 4.79 Å². The van der Waals surface area contributed by atoms with Gasteiger partial charge in [-0.1, -0.05) is 36.9 Å². The van der Waals surface area contributed by atoms with Crippen LogP contribution in [0.5, 0.6) is 5.75 Å². The summed E-state index contributed by atoms with van der Waals surface area (Å²) in [6.07, 6.45) is 0. The summed E-state index contributed by atoms with van der Waals surface area (Å²) in [4.78, 5) is 11.5. The van der Waals surface area contributed by atoms with Crippen LogP contribution in [0.4, 0.5) is 5.69 Å². The van der Waals surface area contributed by atoms with E-state index in [0.29, 0.717) is 18.1 Å². The van der Waals surface area contributed by atoms with Crippen LogP contribution in [0, 0.1) is 13.8 Å². The van der Waals surface area contributed by atoms with Crippen LogP contribution < -0.4 is 10.1 Å². The van der Waals surface area contributed by atoms with Crippen molar-refractivity contribution >= 4 is 23.2 Å².